The van der Waals surface area contributed by atoms with Gasteiger partial charge in [0.25, 0.3) is 0 Å². The second-order valence-electron chi connectivity index (χ2n) is 3.75. The lowest BCUT2D eigenvalue weighted by Gasteiger charge is -2.38. The van der Waals surface area contributed by atoms with Crippen LogP contribution in [0.1, 0.15) is 13.3 Å². The highest BCUT2D eigenvalue weighted by molar-refractivity contribution is 8.14. The lowest BCUT2D eigenvalue weighted by atomic mass is 9.97. The van der Waals surface area contributed by atoms with Gasteiger partial charge >= 0.3 is 0 Å². The van der Waals surface area contributed by atoms with Crippen molar-refractivity contribution in [2.75, 3.05) is 7.05 Å². The Labute approximate surface area is 92.9 Å². The van der Waals surface area contributed by atoms with Crippen molar-refractivity contribution in [3.05, 3.63) is 0 Å². The molecule has 15 heavy (non-hydrogen) atoms. The Morgan fingerprint density at radius 3 is 2.80 bits per heavy atom. The molecule has 0 aliphatic carbocycles. The van der Waals surface area contributed by atoms with Crippen molar-refractivity contribution in [3.63, 3.8) is 0 Å². The number of aliphatic hydroxyl groups is 2. The number of rotatable bonds is 1. The minimum Gasteiger partial charge on any atom is -0.388 e. The van der Waals surface area contributed by atoms with Gasteiger partial charge in [0.2, 0.25) is 0 Å². The van der Waals surface area contributed by atoms with Gasteiger partial charge in [-0.3, -0.25) is 4.99 Å². The molecule has 0 spiro atoms. The van der Waals surface area contributed by atoms with Crippen LogP contribution in [0.3, 0.4) is 0 Å². The number of fused-ring (bicyclic) bond motifs is 1. The van der Waals surface area contributed by atoms with Gasteiger partial charge in [-0.1, -0.05) is 18.7 Å². The molecule has 0 aromatic rings. The molecule has 0 radical (unpaired) electrons. The molecule has 0 amide bonds. The Morgan fingerprint density at radius 2 is 2.20 bits per heavy atom. The van der Waals surface area contributed by atoms with Gasteiger partial charge in [0, 0.05) is 7.05 Å². The third-order valence-electron chi connectivity index (χ3n) is 2.82. The van der Waals surface area contributed by atoms with Gasteiger partial charge in [-0.15, -0.1) is 0 Å². The zero-order valence-electron chi connectivity index (χ0n) is 8.75. The average Bonchev–Trinajstić information content (AvgIpc) is 2.66. The predicted molar refractivity (Wildman–Crippen MR) is 58.8 cm³/mol. The van der Waals surface area contributed by atoms with Crippen LogP contribution in [0.4, 0.5) is 0 Å². The maximum atomic E-state index is 9.90. The van der Waals surface area contributed by atoms with Crippen LogP contribution < -0.4 is 5.32 Å². The fourth-order valence-corrected chi connectivity index (χ4v) is 3.03. The predicted octanol–water partition coefficient (Wildman–Crippen LogP) is -0.466. The summed E-state index contributed by atoms with van der Waals surface area (Å²) in [6, 6.07) is -0.258. The normalized spacial score (nSPS) is 47.7. The molecule has 2 aliphatic rings. The molecule has 0 aromatic heterocycles. The van der Waals surface area contributed by atoms with E-state index in [4.69, 9.17) is 4.74 Å². The molecule has 6 heteroatoms. The summed E-state index contributed by atoms with van der Waals surface area (Å²) >= 11 is 1.47. The van der Waals surface area contributed by atoms with Crippen molar-refractivity contribution in [3.8, 4) is 0 Å². The molecule has 2 saturated heterocycles. The second kappa shape index (κ2) is 4.29. The number of ether oxygens (including phenoxy) is 1. The standard InChI is InChI=1S/C9H16N2O3S/c1-3-4-6(12)7(13)5-8(14-4)15-9(10-2)11-5/h4-8,12-13H,3H2,1-2H3,(H,10,11). The highest BCUT2D eigenvalue weighted by Gasteiger charge is 2.48. The van der Waals surface area contributed by atoms with Crippen molar-refractivity contribution < 1.29 is 14.9 Å². The number of hydrogen-bond acceptors (Lipinski definition) is 5. The van der Waals surface area contributed by atoms with Crippen molar-refractivity contribution in [1.29, 1.82) is 0 Å². The maximum Gasteiger partial charge on any atom is 0.159 e. The summed E-state index contributed by atoms with van der Waals surface area (Å²) in [5.41, 5.74) is -0.146. The number of amidine groups is 1. The fraction of sp³-hybridized carbons (Fsp3) is 0.889. The summed E-state index contributed by atoms with van der Waals surface area (Å²) < 4.78 is 5.68. The maximum absolute atomic E-state index is 9.90. The van der Waals surface area contributed by atoms with Crippen molar-refractivity contribution in [2.24, 2.45) is 4.99 Å². The molecular weight excluding hydrogens is 216 g/mol. The monoisotopic (exact) mass is 232 g/mol. The second-order valence-corrected chi connectivity index (χ2v) is 4.84. The third-order valence-corrected chi connectivity index (χ3v) is 3.98. The van der Waals surface area contributed by atoms with Gasteiger partial charge in [-0.05, 0) is 6.42 Å². The number of thioether (sulfide) groups is 1. The van der Waals surface area contributed by atoms with E-state index in [-0.39, 0.29) is 17.6 Å². The van der Waals surface area contributed by atoms with Crippen molar-refractivity contribution in [1.82, 2.24) is 5.32 Å². The van der Waals surface area contributed by atoms with Crippen molar-refractivity contribution in [2.45, 2.75) is 43.1 Å². The zero-order valence-corrected chi connectivity index (χ0v) is 9.57. The quantitative estimate of drug-likeness (QED) is 0.570. The van der Waals surface area contributed by atoms with E-state index in [1.165, 1.54) is 11.8 Å². The molecule has 5 nitrogen and oxygen atoms in total. The molecule has 86 valence electrons. The van der Waals surface area contributed by atoms with E-state index in [1.54, 1.807) is 7.05 Å². The zero-order chi connectivity index (χ0) is 11.0. The molecule has 3 N–H and O–H groups in total. The van der Waals surface area contributed by atoms with E-state index >= 15 is 0 Å². The molecule has 0 aromatic carbocycles. The number of aliphatic hydroxyl groups excluding tert-OH is 2. The third kappa shape index (κ3) is 1.87. The highest BCUT2D eigenvalue weighted by atomic mass is 32.2. The summed E-state index contributed by atoms with van der Waals surface area (Å²) in [5, 5.41) is 23.5. The number of nitrogens with one attached hydrogen (secondary N) is 1. The van der Waals surface area contributed by atoms with Crippen LogP contribution in [0.15, 0.2) is 4.99 Å². The van der Waals surface area contributed by atoms with E-state index in [2.05, 4.69) is 10.3 Å². The Morgan fingerprint density at radius 1 is 1.47 bits per heavy atom. The smallest absolute Gasteiger partial charge is 0.159 e. The van der Waals surface area contributed by atoms with E-state index in [0.717, 1.165) is 5.17 Å². The molecule has 0 saturated carbocycles. The van der Waals surface area contributed by atoms with E-state index in [0.29, 0.717) is 6.42 Å². The summed E-state index contributed by atoms with van der Waals surface area (Å²) in [6.07, 6.45) is -1.20. The summed E-state index contributed by atoms with van der Waals surface area (Å²) in [5.74, 6) is 0. The lowest BCUT2D eigenvalue weighted by molar-refractivity contribution is -0.156. The molecule has 2 aliphatic heterocycles. The first-order valence-electron chi connectivity index (χ1n) is 5.09. The van der Waals surface area contributed by atoms with Crippen LogP contribution >= 0.6 is 11.8 Å². The van der Waals surface area contributed by atoms with Crippen LogP contribution in [0.2, 0.25) is 0 Å². The fourth-order valence-electron chi connectivity index (χ4n) is 1.93. The lowest BCUT2D eigenvalue weighted by Crippen LogP contribution is -2.58. The Balaban J connectivity index is 2.13. The molecule has 0 bridgehead atoms. The summed E-state index contributed by atoms with van der Waals surface area (Å²) in [6.45, 7) is 1.93. The first-order valence-corrected chi connectivity index (χ1v) is 5.97. The van der Waals surface area contributed by atoms with E-state index in [1.807, 2.05) is 6.92 Å². The number of aliphatic imine (C=N–C) groups is 1. The van der Waals surface area contributed by atoms with Crippen molar-refractivity contribution >= 4 is 16.9 Å². The number of nitrogens with zero attached hydrogens (tertiary/aromatic N) is 1. The average molecular weight is 232 g/mol. The Kier molecular flexibility index (Phi) is 3.20. The molecule has 5 atom stereocenters. The van der Waals surface area contributed by atoms with E-state index in [9.17, 15) is 10.2 Å². The van der Waals surface area contributed by atoms with Crippen LogP contribution in [0.5, 0.6) is 0 Å². The molecule has 2 fully saturated rings. The topological polar surface area (TPSA) is 74.1 Å². The number of hydrogen-bond donors (Lipinski definition) is 3. The van der Waals surface area contributed by atoms with Gasteiger partial charge in [0.1, 0.15) is 17.6 Å². The van der Waals surface area contributed by atoms with Gasteiger partial charge < -0.3 is 20.3 Å². The molecule has 2 heterocycles. The Bertz CT molecular complexity index is 274. The first-order chi connectivity index (χ1) is 7.17. The minimum atomic E-state index is -0.819. The summed E-state index contributed by atoms with van der Waals surface area (Å²) in [7, 11) is 1.69. The first kappa shape index (κ1) is 11.2. The minimum absolute atomic E-state index is 0.146. The van der Waals surface area contributed by atoms with Gasteiger partial charge in [0.15, 0.2) is 5.17 Å². The SMILES string of the molecule is CCC1OC2SC(=NC)NC2C(O)C1O. The van der Waals surface area contributed by atoms with Crippen LogP contribution in [0, 0.1) is 0 Å². The van der Waals surface area contributed by atoms with Crippen LogP contribution in [0.25, 0.3) is 0 Å². The van der Waals surface area contributed by atoms with Crippen LogP contribution in [-0.2, 0) is 4.74 Å². The largest absolute Gasteiger partial charge is 0.388 e. The molecular formula is C9H16N2O3S. The summed E-state index contributed by atoms with van der Waals surface area (Å²) in [4.78, 5) is 4.02. The van der Waals surface area contributed by atoms with Gasteiger partial charge in [0.05, 0.1) is 12.1 Å². The molecule has 2 rings (SSSR count). The van der Waals surface area contributed by atoms with Gasteiger partial charge in [-0.2, -0.15) is 0 Å². The Hall–Kier alpha value is -0.300. The molecule has 5 unspecified atom stereocenters. The van der Waals surface area contributed by atoms with E-state index < -0.39 is 12.2 Å². The highest BCUT2D eigenvalue weighted by Crippen LogP contribution is 2.34. The van der Waals surface area contributed by atoms with Gasteiger partial charge in [-0.25, -0.2) is 0 Å². The van der Waals surface area contributed by atoms with Crippen LogP contribution in [-0.4, -0.2) is 52.2 Å².